The SMILES string of the molecule is CC(C)(O)c1ccc(-c2cnc(-c3ccccc3)s2)cc1. The first kappa shape index (κ1) is 14.0. The summed E-state index contributed by atoms with van der Waals surface area (Å²) in [6.07, 6.45) is 1.91. The van der Waals surface area contributed by atoms with E-state index >= 15 is 0 Å². The summed E-state index contributed by atoms with van der Waals surface area (Å²) in [6.45, 7) is 3.59. The Kier molecular flexibility index (Phi) is 3.62. The fraction of sp³-hybridized carbons (Fsp3) is 0.167. The highest BCUT2D eigenvalue weighted by Crippen LogP contribution is 2.32. The van der Waals surface area contributed by atoms with Gasteiger partial charge in [0.15, 0.2) is 0 Å². The topological polar surface area (TPSA) is 33.1 Å². The van der Waals surface area contributed by atoms with Crippen molar-refractivity contribution in [1.29, 1.82) is 0 Å². The molecule has 0 aliphatic heterocycles. The molecule has 1 aromatic heterocycles. The first-order valence-corrected chi connectivity index (χ1v) is 7.70. The van der Waals surface area contributed by atoms with E-state index in [2.05, 4.69) is 17.1 Å². The zero-order chi connectivity index (χ0) is 14.9. The van der Waals surface area contributed by atoms with E-state index in [0.717, 1.165) is 26.6 Å². The molecule has 21 heavy (non-hydrogen) atoms. The second-order valence-corrected chi connectivity index (χ2v) is 6.56. The summed E-state index contributed by atoms with van der Waals surface area (Å²) in [4.78, 5) is 5.64. The Labute approximate surface area is 128 Å². The van der Waals surface area contributed by atoms with Crippen LogP contribution in [0, 0.1) is 0 Å². The molecule has 2 aromatic carbocycles. The molecule has 0 aliphatic carbocycles. The lowest BCUT2D eigenvalue weighted by atomic mass is 9.97. The fourth-order valence-corrected chi connectivity index (χ4v) is 3.09. The lowest BCUT2D eigenvalue weighted by Crippen LogP contribution is -2.14. The fourth-order valence-electron chi connectivity index (χ4n) is 2.16. The summed E-state index contributed by atoms with van der Waals surface area (Å²) < 4.78 is 0. The van der Waals surface area contributed by atoms with Crippen LogP contribution in [-0.4, -0.2) is 10.1 Å². The van der Waals surface area contributed by atoms with Gasteiger partial charge in [-0.2, -0.15) is 0 Å². The number of thiazole rings is 1. The van der Waals surface area contributed by atoms with Crippen LogP contribution in [0.3, 0.4) is 0 Å². The van der Waals surface area contributed by atoms with Gasteiger partial charge in [0.05, 0.1) is 10.5 Å². The normalized spacial score (nSPS) is 11.6. The smallest absolute Gasteiger partial charge is 0.123 e. The van der Waals surface area contributed by atoms with Crippen molar-refractivity contribution in [2.24, 2.45) is 0 Å². The number of rotatable bonds is 3. The maximum atomic E-state index is 9.99. The van der Waals surface area contributed by atoms with Crippen molar-refractivity contribution in [2.75, 3.05) is 0 Å². The molecule has 0 aliphatic rings. The molecule has 106 valence electrons. The number of hydrogen-bond acceptors (Lipinski definition) is 3. The number of benzene rings is 2. The van der Waals surface area contributed by atoms with Crippen LogP contribution in [0.5, 0.6) is 0 Å². The second-order valence-electron chi connectivity index (χ2n) is 5.53. The minimum Gasteiger partial charge on any atom is -0.386 e. The van der Waals surface area contributed by atoms with E-state index < -0.39 is 5.60 Å². The van der Waals surface area contributed by atoms with Crippen molar-refractivity contribution in [3.8, 4) is 21.0 Å². The van der Waals surface area contributed by atoms with Crippen molar-refractivity contribution in [2.45, 2.75) is 19.4 Å². The van der Waals surface area contributed by atoms with Crippen LogP contribution in [0.4, 0.5) is 0 Å². The average molecular weight is 295 g/mol. The third-order valence-electron chi connectivity index (χ3n) is 3.40. The van der Waals surface area contributed by atoms with E-state index in [1.54, 1.807) is 25.2 Å². The number of aromatic nitrogens is 1. The number of aliphatic hydroxyl groups is 1. The van der Waals surface area contributed by atoms with Gasteiger partial charge in [0.25, 0.3) is 0 Å². The molecular weight excluding hydrogens is 278 g/mol. The summed E-state index contributed by atoms with van der Waals surface area (Å²) in [5.41, 5.74) is 2.38. The van der Waals surface area contributed by atoms with Crippen LogP contribution in [0.25, 0.3) is 21.0 Å². The molecule has 0 saturated carbocycles. The van der Waals surface area contributed by atoms with Crippen LogP contribution in [-0.2, 0) is 5.60 Å². The van der Waals surface area contributed by atoms with Gasteiger partial charge in [-0.3, -0.25) is 0 Å². The quantitative estimate of drug-likeness (QED) is 0.759. The Hall–Kier alpha value is -1.97. The third kappa shape index (κ3) is 3.04. The van der Waals surface area contributed by atoms with Gasteiger partial charge in [0, 0.05) is 11.8 Å². The first-order chi connectivity index (χ1) is 10.0. The van der Waals surface area contributed by atoms with Gasteiger partial charge in [-0.25, -0.2) is 4.98 Å². The Morgan fingerprint density at radius 3 is 2.19 bits per heavy atom. The molecule has 0 bridgehead atoms. The van der Waals surface area contributed by atoms with Crippen LogP contribution in [0.15, 0.2) is 60.8 Å². The average Bonchev–Trinajstić information content (AvgIpc) is 2.97. The number of nitrogens with zero attached hydrogens (tertiary/aromatic N) is 1. The van der Waals surface area contributed by atoms with E-state index in [9.17, 15) is 5.11 Å². The Morgan fingerprint density at radius 2 is 1.57 bits per heavy atom. The van der Waals surface area contributed by atoms with E-state index in [-0.39, 0.29) is 0 Å². The minimum absolute atomic E-state index is 0.804. The first-order valence-electron chi connectivity index (χ1n) is 6.88. The largest absolute Gasteiger partial charge is 0.386 e. The monoisotopic (exact) mass is 295 g/mol. The summed E-state index contributed by atoms with van der Waals surface area (Å²) in [7, 11) is 0. The van der Waals surface area contributed by atoms with Crippen LogP contribution < -0.4 is 0 Å². The lowest BCUT2D eigenvalue weighted by molar-refractivity contribution is 0.0786. The van der Waals surface area contributed by atoms with Crippen molar-refractivity contribution in [3.05, 3.63) is 66.4 Å². The molecule has 0 unspecified atom stereocenters. The predicted octanol–water partition coefficient (Wildman–Crippen LogP) is 4.70. The molecular formula is C18H17NOS. The van der Waals surface area contributed by atoms with Gasteiger partial charge in [0.1, 0.15) is 5.01 Å². The molecule has 1 heterocycles. The van der Waals surface area contributed by atoms with Crippen molar-refractivity contribution < 1.29 is 5.11 Å². The highest BCUT2D eigenvalue weighted by Gasteiger charge is 2.15. The molecule has 3 aromatic rings. The number of hydrogen-bond donors (Lipinski definition) is 1. The van der Waals surface area contributed by atoms with Gasteiger partial charge in [-0.1, -0.05) is 54.6 Å². The highest BCUT2D eigenvalue weighted by molar-refractivity contribution is 7.18. The molecule has 3 heteroatoms. The zero-order valence-electron chi connectivity index (χ0n) is 12.1. The van der Waals surface area contributed by atoms with E-state index in [4.69, 9.17) is 0 Å². The summed E-state index contributed by atoms with van der Waals surface area (Å²) in [6, 6.07) is 18.2. The van der Waals surface area contributed by atoms with Crippen LogP contribution in [0.2, 0.25) is 0 Å². The predicted molar refractivity (Wildman–Crippen MR) is 88.2 cm³/mol. The Bertz CT molecular complexity index is 724. The molecule has 2 nitrogen and oxygen atoms in total. The molecule has 0 spiro atoms. The van der Waals surface area contributed by atoms with E-state index in [1.165, 1.54) is 0 Å². The highest BCUT2D eigenvalue weighted by atomic mass is 32.1. The van der Waals surface area contributed by atoms with Crippen LogP contribution in [0.1, 0.15) is 19.4 Å². The molecule has 0 fully saturated rings. The van der Waals surface area contributed by atoms with Crippen molar-refractivity contribution in [3.63, 3.8) is 0 Å². The molecule has 0 saturated heterocycles. The molecule has 0 radical (unpaired) electrons. The van der Waals surface area contributed by atoms with Gasteiger partial charge >= 0.3 is 0 Å². The lowest BCUT2D eigenvalue weighted by Gasteiger charge is -2.17. The van der Waals surface area contributed by atoms with Gasteiger partial charge < -0.3 is 5.11 Å². The van der Waals surface area contributed by atoms with Crippen molar-refractivity contribution in [1.82, 2.24) is 4.98 Å². The minimum atomic E-state index is -0.804. The Balaban J connectivity index is 1.90. The molecule has 0 amide bonds. The second kappa shape index (κ2) is 5.43. The summed E-state index contributed by atoms with van der Waals surface area (Å²) in [5.74, 6) is 0. The van der Waals surface area contributed by atoms with Gasteiger partial charge in [0.2, 0.25) is 0 Å². The summed E-state index contributed by atoms with van der Waals surface area (Å²) >= 11 is 1.68. The van der Waals surface area contributed by atoms with Gasteiger partial charge in [-0.05, 0) is 25.0 Å². The van der Waals surface area contributed by atoms with Gasteiger partial charge in [-0.15, -0.1) is 11.3 Å². The molecule has 1 N–H and O–H groups in total. The standard InChI is InChI=1S/C18H17NOS/c1-18(2,20)15-10-8-13(9-11-15)16-12-19-17(21-16)14-6-4-3-5-7-14/h3-12,20H,1-2H3. The zero-order valence-corrected chi connectivity index (χ0v) is 12.9. The van der Waals surface area contributed by atoms with E-state index in [0.29, 0.717) is 0 Å². The van der Waals surface area contributed by atoms with E-state index in [1.807, 2.05) is 48.7 Å². The molecule has 0 atom stereocenters. The maximum Gasteiger partial charge on any atom is 0.123 e. The summed E-state index contributed by atoms with van der Waals surface area (Å²) in [5, 5.41) is 11.0. The van der Waals surface area contributed by atoms with Crippen LogP contribution >= 0.6 is 11.3 Å². The molecule has 3 rings (SSSR count). The van der Waals surface area contributed by atoms with Crippen molar-refractivity contribution >= 4 is 11.3 Å². The third-order valence-corrected chi connectivity index (χ3v) is 4.50. The Morgan fingerprint density at radius 1 is 0.905 bits per heavy atom. The maximum absolute atomic E-state index is 9.99.